The Morgan fingerprint density at radius 3 is 2.39 bits per heavy atom. The Morgan fingerprint density at radius 2 is 1.89 bits per heavy atom. The summed E-state index contributed by atoms with van der Waals surface area (Å²) in [6.07, 6.45) is 1.12. The second-order valence-corrected chi connectivity index (χ2v) is 5.19. The molecule has 2 aromatic rings. The monoisotopic (exact) mass is 280 g/mol. The first-order chi connectivity index (χ1) is 8.22. The smallest absolute Gasteiger partial charge is 0.202 e. The highest BCUT2D eigenvalue weighted by Gasteiger charge is 2.10. The molecule has 0 saturated carbocycles. The van der Waals surface area contributed by atoms with E-state index in [1.54, 1.807) is 0 Å². The molecule has 1 heterocycles. The van der Waals surface area contributed by atoms with Crippen molar-refractivity contribution in [3.63, 3.8) is 0 Å². The average Bonchev–Trinajstić information content (AvgIpc) is 2.91. The lowest BCUT2D eigenvalue weighted by molar-refractivity contribution is 0.104. The number of benzene rings is 1. The third-order valence-corrected chi connectivity index (χ3v) is 3.97. The summed E-state index contributed by atoms with van der Waals surface area (Å²) >= 11 is 1.49. The summed E-state index contributed by atoms with van der Waals surface area (Å²) in [5.74, 6) is 0.677. The largest absolute Gasteiger partial charge is 0.288 e. The van der Waals surface area contributed by atoms with Gasteiger partial charge in [0.25, 0.3) is 0 Å². The minimum Gasteiger partial charge on any atom is -0.288 e. The molecule has 0 spiro atoms. The van der Waals surface area contributed by atoms with Crippen LogP contribution in [0.1, 0.15) is 47.0 Å². The number of carbonyl (C=O) groups excluding carboxylic acids is 1. The summed E-state index contributed by atoms with van der Waals surface area (Å²) in [4.78, 5) is 12.9. The fourth-order valence-corrected chi connectivity index (χ4v) is 2.43. The number of thiophene rings is 1. The van der Waals surface area contributed by atoms with E-state index in [0.717, 1.165) is 16.9 Å². The first-order valence-electron chi connectivity index (χ1n) is 5.90. The number of halogens is 1. The van der Waals surface area contributed by atoms with Gasteiger partial charge >= 0.3 is 0 Å². The highest BCUT2D eigenvalue weighted by molar-refractivity contribution is 7.12. The van der Waals surface area contributed by atoms with E-state index in [1.165, 1.54) is 16.9 Å². The van der Waals surface area contributed by atoms with Gasteiger partial charge in [0.15, 0.2) is 0 Å². The second kappa shape index (κ2) is 6.72. The standard InChI is InChI=1S/C15H16OS.ClH/c1-3-11(2)12-6-8-13(9-7-12)15(16)14-5-4-10-17-14;/h4-11H,3H2,1-2H3;1H. The number of ketones is 1. The van der Waals surface area contributed by atoms with Gasteiger partial charge in [-0.15, -0.1) is 23.7 Å². The first-order valence-corrected chi connectivity index (χ1v) is 6.78. The van der Waals surface area contributed by atoms with Crippen LogP contribution >= 0.6 is 23.7 Å². The molecule has 0 fully saturated rings. The summed E-state index contributed by atoms with van der Waals surface area (Å²) in [6, 6.07) is 11.8. The van der Waals surface area contributed by atoms with Gasteiger partial charge in [0.1, 0.15) is 0 Å². The topological polar surface area (TPSA) is 17.1 Å². The number of hydrogen-bond donors (Lipinski definition) is 0. The summed E-state index contributed by atoms with van der Waals surface area (Å²) in [6.45, 7) is 4.38. The van der Waals surface area contributed by atoms with Crippen molar-refractivity contribution in [2.75, 3.05) is 0 Å². The van der Waals surface area contributed by atoms with Gasteiger partial charge in [0.2, 0.25) is 5.78 Å². The Hall–Kier alpha value is -1.12. The molecule has 0 aliphatic heterocycles. The van der Waals surface area contributed by atoms with Crippen molar-refractivity contribution < 1.29 is 4.79 Å². The molecule has 96 valence electrons. The Kier molecular flexibility index (Phi) is 5.57. The molecule has 0 radical (unpaired) electrons. The highest BCUT2D eigenvalue weighted by atomic mass is 35.5. The van der Waals surface area contributed by atoms with Gasteiger partial charge in [0.05, 0.1) is 4.88 Å². The lowest BCUT2D eigenvalue weighted by Crippen LogP contribution is -1.99. The zero-order valence-corrected chi connectivity index (χ0v) is 12.2. The van der Waals surface area contributed by atoms with Crippen LogP contribution in [0.15, 0.2) is 41.8 Å². The van der Waals surface area contributed by atoms with Crippen LogP contribution in [0, 0.1) is 0 Å². The van der Waals surface area contributed by atoms with Crippen molar-refractivity contribution in [1.82, 2.24) is 0 Å². The molecule has 1 aromatic carbocycles. The maximum Gasteiger partial charge on any atom is 0.202 e. The number of rotatable bonds is 4. The summed E-state index contributed by atoms with van der Waals surface area (Å²) in [5, 5.41) is 1.93. The normalized spacial score (nSPS) is 11.7. The van der Waals surface area contributed by atoms with Crippen LogP contribution in [-0.4, -0.2) is 5.78 Å². The molecule has 18 heavy (non-hydrogen) atoms. The van der Waals surface area contributed by atoms with Gasteiger partial charge in [-0.05, 0) is 29.3 Å². The van der Waals surface area contributed by atoms with Gasteiger partial charge in [-0.3, -0.25) is 4.79 Å². The van der Waals surface area contributed by atoms with Gasteiger partial charge in [0, 0.05) is 5.56 Å². The Labute approximate surface area is 118 Å². The highest BCUT2D eigenvalue weighted by Crippen LogP contribution is 2.21. The zero-order valence-electron chi connectivity index (χ0n) is 10.6. The molecule has 1 atom stereocenters. The van der Waals surface area contributed by atoms with Gasteiger partial charge < -0.3 is 0 Å². The van der Waals surface area contributed by atoms with E-state index < -0.39 is 0 Å². The number of carbonyl (C=O) groups is 1. The minimum absolute atomic E-state index is 0. The van der Waals surface area contributed by atoms with E-state index >= 15 is 0 Å². The van der Waals surface area contributed by atoms with Crippen molar-refractivity contribution in [3.8, 4) is 0 Å². The van der Waals surface area contributed by atoms with Crippen LogP contribution in [0.2, 0.25) is 0 Å². The fraction of sp³-hybridized carbons (Fsp3) is 0.267. The van der Waals surface area contributed by atoms with Crippen LogP contribution in [0.4, 0.5) is 0 Å². The van der Waals surface area contributed by atoms with E-state index in [-0.39, 0.29) is 18.2 Å². The molecule has 0 saturated heterocycles. The van der Waals surface area contributed by atoms with Crippen LogP contribution in [0.5, 0.6) is 0 Å². The molecule has 0 N–H and O–H groups in total. The minimum atomic E-state index is 0. The van der Waals surface area contributed by atoms with Crippen molar-refractivity contribution >= 4 is 29.5 Å². The van der Waals surface area contributed by atoms with Crippen LogP contribution in [0.25, 0.3) is 0 Å². The molecule has 0 bridgehead atoms. The average molecular weight is 281 g/mol. The van der Waals surface area contributed by atoms with Crippen LogP contribution < -0.4 is 0 Å². The van der Waals surface area contributed by atoms with Crippen molar-refractivity contribution in [3.05, 3.63) is 57.8 Å². The Balaban J connectivity index is 0.00000162. The lowest BCUT2D eigenvalue weighted by atomic mass is 9.97. The second-order valence-electron chi connectivity index (χ2n) is 4.24. The van der Waals surface area contributed by atoms with E-state index in [0.29, 0.717) is 5.92 Å². The van der Waals surface area contributed by atoms with Gasteiger partial charge in [-0.1, -0.05) is 44.2 Å². The van der Waals surface area contributed by atoms with E-state index in [1.807, 2.05) is 29.6 Å². The van der Waals surface area contributed by atoms with E-state index in [2.05, 4.69) is 26.0 Å². The molecule has 1 aromatic heterocycles. The quantitative estimate of drug-likeness (QED) is 0.727. The molecule has 1 nitrogen and oxygen atoms in total. The van der Waals surface area contributed by atoms with E-state index in [4.69, 9.17) is 0 Å². The summed E-state index contributed by atoms with van der Waals surface area (Å²) in [5.41, 5.74) is 2.08. The molecular formula is C15H17ClOS. The molecule has 1 unspecified atom stereocenters. The Morgan fingerprint density at radius 1 is 1.22 bits per heavy atom. The van der Waals surface area contributed by atoms with Crippen molar-refractivity contribution in [2.24, 2.45) is 0 Å². The first kappa shape index (κ1) is 14.9. The zero-order chi connectivity index (χ0) is 12.3. The van der Waals surface area contributed by atoms with Crippen molar-refractivity contribution in [2.45, 2.75) is 26.2 Å². The molecule has 3 heteroatoms. The summed E-state index contributed by atoms with van der Waals surface area (Å²) in [7, 11) is 0. The maximum absolute atomic E-state index is 12.1. The van der Waals surface area contributed by atoms with Gasteiger partial charge in [-0.2, -0.15) is 0 Å². The van der Waals surface area contributed by atoms with Crippen LogP contribution in [0.3, 0.4) is 0 Å². The summed E-state index contributed by atoms with van der Waals surface area (Å²) < 4.78 is 0. The number of hydrogen-bond acceptors (Lipinski definition) is 2. The molecule has 0 aliphatic carbocycles. The molecule has 0 amide bonds. The van der Waals surface area contributed by atoms with Crippen molar-refractivity contribution in [1.29, 1.82) is 0 Å². The third-order valence-electron chi connectivity index (χ3n) is 3.10. The maximum atomic E-state index is 12.1. The third kappa shape index (κ3) is 3.21. The molecule has 0 aliphatic rings. The predicted octanol–water partition coefficient (Wildman–Crippen LogP) is 4.91. The fourth-order valence-electron chi connectivity index (χ4n) is 1.75. The Bertz CT molecular complexity index is 488. The molecule has 2 rings (SSSR count). The van der Waals surface area contributed by atoms with Gasteiger partial charge in [-0.25, -0.2) is 0 Å². The van der Waals surface area contributed by atoms with E-state index in [9.17, 15) is 4.79 Å². The molecular weight excluding hydrogens is 264 g/mol. The lowest BCUT2D eigenvalue weighted by Gasteiger charge is -2.09. The van der Waals surface area contributed by atoms with Crippen LogP contribution in [-0.2, 0) is 0 Å². The predicted molar refractivity (Wildman–Crippen MR) is 80.1 cm³/mol. The SMILES string of the molecule is CCC(C)c1ccc(C(=O)c2cccs2)cc1.Cl.